The highest BCUT2D eigenvalue weighted by Crippen LogP contribution is 2.18. The maximum atomic E-state index is 12.5. The number of aryl methyl sites for hydroxylation is 1. The van der Waals surface area contributed by atoms with E-state index in [9.17, 15) is 9.59 Å². The van der Waals surface area contributed by atoms with Crippen LogP contribution in [0.25, 0.3) is 0 Å². The largest absolute Gasteiger partial charge is 0.481 e. The first-order valence-electron chi connectivity index (χ1n) is 8.61. The normalized spacial score (nSPS) is 12.2. The molecule has 2 aromatic carbocycles. The minimum atomic E-state index is -0.699. The zero-order valence-electron chi connectivity index (χ0n) is 15.9. The van der Waals surface area contributed by atoms with Crippen molar-refractivity contribution >= 4 is 17.5 Å². The molecular formula is C21H26N2O3. The van der Waals surface area contributed by atoms with Crippen LogP contribution >= 0.6 is 0 Å². The smallest absolute Gasteiger partial charge is 0.265 e. The van der Waals surface area contributed by atoms with Crippen LogP contribution in [0.5, 0.6) is 5.75 Å². The quantitative estimate of drug-likeness (QED) is 0.855. The third-order valence-electron chi connectivity index (χ3n) is 3.59. The molecule has 0 saturated carbocycles. The molecule has 0 spiro atoms. The Bertz CT molecular complexity index is 794. The number of anilines is 1. The molecule has 0 radical (unpaired) electrons. The van der Waals surface area contributed by atoms with Gasteiger partial charge >= 0.3 is 0 Å². The first kappa shape index (κ1) is 19.5. The monoisotopic (exact) mass is 354 g/mol. The van der Waals surface area contributed by atoms with Gasteiger partial charge in [0, 0.05) is 5.54 Å². The van der Waals surface area contributed by atoms with Crippen LogP contribution in [0.3, 0.4) is 0 Å². The first-order valence-corrected chi connectivity index (χ1v) is 8.61. The molecule has 1 atom stereocenters. The van der Waals surface area contributed by atoms with Crippen molar-refractivity contribution < 1.29 is 14.3 Å². The van der Waals surface area contributed by atoms with E-state index in [1.807, 2.05) is 52.0 Å². The maximum absolute atomic E-state index is 12.5. The number of nitrogens with one attached hydrogen (secondary N) is 2. The van der Waals surface area contributed by atoms with Crippen LogP contribution in [-0.4, -0.2) is 23.5 Å². The van der Waals surface area contributed by atoms with Crippen LogP contribution in [0.2, 0.25) is 0 Å². The van der Waals surface area contributed by atoms with Gasteiger partial charge in [-0.05, 0) is 64.4 Å². The molecule has 0 fully saturated rings. The number of benzene rings is 2. The third-order valence-corrected chi connectivity index (χ3v) is 3.59. The molecule has 2 amide bonds. The van der Waals surface area contributed by atoms with Crippen molar-refractivity contribution in [3.63, 3.8) is 0 Å². The number of ether oxygens (including phenoxy) is 1. The van der Waals surface area contributed by atoms with Crippen LogP contribution in [0.1, 0.15) is 43.6 Å². The summed E-state index contributed by atoms with van der Waals surface area (Å²) in [6, 6.07) is 14.4. The number of para-hydroxylation sites is 1. The van der Waals surface area contributed by atoms with Gasteiger partial charge in [-0.15, -0.1) is 0 Å². The van der Waals surface area contributed by atoms with Gasteiger partial charge in [-0.2, -0.15) is 0 Å². The van der Waals surface area contributed by atoms with E-state index in [1.165, 1.54) is 0 Å². The van der Waals surface area contributed by atoms with Crippen molar-refractivity contribution in [2.75, 3.05) is 5.32 Å². The molecule has 2 rings (SSSR count). The molecule has 5 heteroatoms. The third kappa shape index (κ3) is 5.62. The van der Waals surface area contributed by atoms with E-state index in [0.717, 1.165) is 5.56 Å². The predicted octanol–water partition coefficient (Wildman–Crippen LogP) is 3.93. The van der Waals surface area contributed by atoms with Crippen LogP contribution in [0, 0.1) is 6.92 Å². The van der Waals surface area contributed by atoms with Crippen molar-refractivity contribution in [1.29, 1.82) is 0 Å². The number of carbonyl (C=O) groups is 2. The number of hydrogen-bond donors (Lipinski definition) is 2. The van der Waals surface area contributed by atoms with Gasteiger partial charge in [0.1, 0.15) is 5.75 Å². The molecule has 0 aliphatic heterocycles. The second kappa shape index (κ2) is 8.04. The minimum absolute atomic E-state index is 0.236. The fourth-order valence-electron chi connectivity index (χ4n) is 2.38. The number of rotatable bonds is 5. The fraction of sp³-hybridized carbons (Fsp3) is 0.333. The lowest BCUT2D eigenvalue weighted by Gasteiger charge is -2.22. The van der Waals surface area contributed by atoms with E-state index in [0.29, 0.717) is 17.0 Å². The molecule has 138 valence electrons. The van der Waals surface area contributed by atoms with Gasteiger partial charge in [0.2, 0.25) is 0 Å². The predicted molar refractivity (Wildman–Crippen MR) is 104 cm³/mol. The number of carbonyl (C=O) groups excluding carboxylic acids is 2. The Hall–Kier alpha value is -2.82. The lowest BCUT2D eigenvalue weighted by atomic mass is 10.1. The second-order valence-corrected chi connectivity index (χ2v) is 7.32. The Morgan fingerprint density at radius 2 is 1.73 bits per heavy atom. The van der Waals surface area contributed by atoms with Gasteiger partial charge < -0.3 is 15.4 Å². The average molecular weight is 354 g/mol. The summed E-state index contributed by atoms with van der Waals surface area (Å²) in [4.78, 5) is 25.0. The molecule has 0 unspecified atom stereocenters. The van der Waals surface area contributed by atoms with E-state index in [-0.39, 0.29) is 17.4 Å². The molecular weight excluding hydrogens is 328 g/mol. The number of hydrogen-bond acceptors (Lipinski definition) is 3. The van der Waals surface area contributed by atoms with Crippen molar-refractivity contribution in [3.8, 4) is 5.75 Å². The minimum Gasteiger partial charge on any atom is -0.481 e. The standard InChI is InChI=1S/C21H26N2O3/c1-14-9-8-10-16(13-14)26-15(2)19(24)22-18-12-7-6-11-17(18)20(25)23-21(3,4)5/h6-13,15H,1-5H3,(H,22,24)(H,23,25)/t15-/m1/s1. The summed E-state index contributed by atoms with van der Waals surface area (Å²) >= 11 is 0. The van der Waals surface area contributed by atoms with E-state index >= 15 is 0 Å². The summed E-state index contributed by atoms with van der Waals surface area (Å²) in [5.74, 6) is 0.0783. The van der Waals surface area contributed by atoms with E-state index in [4.69, 9.17) is 4.74 Å². The van der Waals surface area contributed by atoms with Gasteiger partial charge in [-0.1, -0.05) is 24.3 Å². The summed E-state index contributed by atoms with van der Waals surface area (Å²) < 4.78 is 5.70. The molecule has 0 bridgehead atoms. The summed E-state index contributed by atoms with van der Waals surface area (Å²) in [5, 5.41) is 5.69. The average Bonchev–Trinajstić information content (AvgIpc) is 2.53. The van der Waals surface area contributed by atoms with Crippen molar-refractivity contribution in [1.82, 2.24) is 5.32 Å². The van der Waals surface area contributed by atoms with E-state index in [1.54, 1.807) is 31.2 Å². The summed E-state index contributed by atoms with van der Waals surface area (Å²) in [6.45, 7) is 9.36. The highest BCUT2D eigenvalue weighted by atomic mass is 16.5. The lowest BCUT2D eigenvalue weighted by Crippen LogP contribution is -2.41. The summed E-state index contributed by atoms with van der Waals surface area (Å²) in [5.41, 5.74) is 1.56. The van der Waals surface area contributed by atoms with Crippen molar-refractivity contribution in [2.24, 2.45) is 0 Å². The Kier molecular flexibility index (Phi) is 6.03. The van der Waals surface area contributed by atoms with E-state index < -0.39 is 6.10 Å². The van der Waals surface area contributed by atoms with Crippen molar-refractivity contribution in [3.05, 3.63) is 59.7 Å². The Labute approximate surface area is 154 Å². The second-order valence-electron chi connectivity index (χ2n) is 7.32. The van der Waals surface area contributed by atoms with Crippen molar-refractivity contribution in [2.45, 2.75) is 46.3 Å². The van der Waals surface area contributed by atoms with Crippen LogP contribution < -0.4 is 15.4 Å². The molecule has 0 saturated heterocycles. The lowest BCUT2D eigenvalue weighted by molar-refractivity contribution is -0.122. The molecule has 0 aliphatic carbocycles. The highest BCUT2D eigenvalue weighted by Gasteiger charge is 2.21. The molecule has 26 heavy (non-hydrogen) atoms. The van der Waals surface area contributed by atoms with Gasteiger partial charge in [-0.25, -0.2) is 0 Å². The molecule has 2 aromatic rings. The zero-order chi connectivity index (χ0) is 19.3. The Balaban J connectivity index is 2.10. The van der Waals surface area contributed by atoms with Gasteiger partial charge in [0.15, 0.2) is 6.10 Å². The Morgan fingerprint density at radius 1 is 1.04 bits per heavy atom. The molecule has 5 nitrogen and oxygen atoms in total. The molecule has 0 heterocycles. The van der Waals surface area contributed by atoms with Gasteiger partial charge in [0.05, 0.1) is 11.3 Å². The van der Waals surface area contributed by atoms with Crippen LogP contribution in [-0.2, 0) is 4.79 Å². The molecule has 2 N–H and O–H groups in total. The van der Waals surface area contributed by atoms with Crippen LogP contribution in [0.4, 0.5) is 5.69 Å². The highest BCUT2D eigenvalue weighted by molar-refractivity contribution is 6.04. The Morgan fingerprint density at radius 3 is 2.38 bits per heavy atom. The summed E-state index contributed by atoms with van der Waals surface area (Å²) in [7, 11) is 0. The van der Waals surface area contributed by atoms with E-state index in [2.05, 4.69) is 10.6 Å². The van der Waals surface area contributed by atoms with Gasteiger partial charge in [0.25, 0.3) is 11.8 Å². The maximum Gasteiger partial charge on any atom is 0.265 e. The summed E-state index contributed by atoms with van der Waals surface area (Å²) in [6.07, 6.45) is -0.699. The SMILES string of the molecule is Cc1cccc(O[C@H](C)C(=O)Nc2ccccc2C(=O)NC(C)(C)C)c1. The fourth-order valence-corrected chi connectivity index (χ4v) is 2.38. The first-order chi connectivity index (χ1) is 12.2. The molecule has 0 aromatic heterocycles. The molecule has 0 aliphatic rings. The van der Waals surface area contributed by atoms with Gasteiger partial charge in [-0.3, -0.25) is 9.59 Å². The number of amides is 2. The van der Waals surface area contributed by atoms with Crippen LogP contribution in [0.15, 0.2) is 48.5 Å². The zero-order valence-corrected chi connectivity index (χ0v) is 15.9. The topological polar surface area (TPSA) is 67.4 Å².